The van der Waals surface area contributed by atoms with Crippen molar-refractivity contribution in [2.45, 2.75) is 48.7 Å². The molecule has 1 amide bonds. The van der Waals surface area contributed by atoms with Gasteiger partial charge in [0.2, 0.25) is 5.91 Å². The molecule has 1 aliphatic carbocycles. The van der Waals surface area contributed by atoms with Crippen molar-refractivity contribution in [1.29, 1.82) is 0 Å². The lowest BCUT2D eigenvalue weighted by Gasteiger charge is -2.23. The second-order valence-corrected chi connectivity index (χ2v) is 9.64. The Morgan fingerprint density at radius 2 is 1.78 bits per heavy atom. The fraction of sp³-hybridized carbons (Fsp3) is 0.375. The van der Waals surface area contributed by atoms with Crippen LogP contribution in [-0.2, 0) is 11.4 Å². The Morgan fingerprint density at radius 1 is 1.06 bits per heavy atom. The van der Waals surface area contributed by atoms with Crippen molar-refractivity contribution in [3.05, 3.63) is 71.0 Å². The molecule has 6 nitrogen and oxygen atoms in total. The van der Waals surface area contributed by atoms with Crippen molar-refractivity contribution >= 4 is 29.3 Å². The number of likely N-dealkylation sites (tertiary alicyclic amines) is 1. The fourth-order valence-corrected chi connectivity index (χ4v) is 5.39. The second kappa shape index (κ2) is 9.55. The van der Waals surface area contributed by atoms with Crippen molar-refractivity contribution in [3.8, 4) is 5.75 Å². The molecule has 2 aromatic carbocycles. The maximum absolute atomic E-state index is 13.4. The molecule has 166 valence electrons. The predicted molar refractivity (Wildman–Crippen MR) is 125 cm³/mol. The third kappa shape index (κ3) is 4.64. The highest BCUT2D eigenvalue weighted by atomic mass is 35.5. The number of para-hydroxylation sites is 1. The molecule has 0 unspecified atom stereocenters. The number of benzene rings is 2. The summed E-state index contributed by atoms with van der Waals surface area (Å²) in [6.07, 6.45) is 4.31. The van der Waals surface area contributed by atoms with Gasteiger partial charge in [0.25, 0.3) is 0 Å². The zero-order valence-corrected chi connectivity index (χ0v) is 19.3. The minimum atomic E-state index is -0.340. The van der Waals surface area contributed by atoms with Gasteiger partial charge in [-0.05, 0) is 43.4 Å². The van der Waals surface area contributed by atoms with E-state index in [9.17, 15) is 4.79 Å². The van der Waals surface area contributed by atoms with E-state index in [0.29, 0.717) is 16.8 Å². The van der Waals surface area contributed by atoms with Gasteiger partial charge in [0.15, 0.2) is 11.0 Å². The number of halogens is 1. The molecule has 1 atom stereocenters. The molecule has 32 heavy (non-hydrogen) atoms. The van der Waals surface area contributed by atoms with Crippen molar-refractivity contribution in [2.24, 2.45) is 0 Å². The average Bonchev–Trinajstić information content (AvgIpc) is 3.34. The van der Waals surface area contributed by atoms with E-state index in [1.54, 1.807) is 6.07 Å². The summed E-state index contributed by atoms with van der Waals surface area (Å²) >= 11 is 7.72. The summed E-state index contributed by atoms with van der Waals surface area (Å²) in [5.74, 6) is 1.54. The van der Waals surface area contributed by atoms with Gasteiger partial charge in [-0.25, -0.2) is 0 Å². The lowest BCUT2D eigenvalue weighted by atomic mass is 10.1. The van der Waals surface area contributed by atoms with Crippen LogP contribution in [0.5, 0.6) is 5.75 Å². The Hall–Kier alpha value is -2.51. The van der Waals surface area contributed by atoms with Crippen LogP contribution in [-0.4, -0.2) is 38.7 Å². The Labute approximate surface area is 196 Å². The average molecular weight is 469 g/mol. The van der Waals surface area contributed by atoms with E-state index in [-0.39, 0.29) is 17.8 Å². The van der Waals surface area contributed by atoms with E-state index in [1.807, 2.05) is 53.4 Å². The van der Waals surface area contributed by atoms with Crippen molar-refractivity contribution in [1.82, 2.24) is 19.7 Å². The van der Waals surface area contributed by atoms with Gasteiger partial charge in [0, 0.05) is 19.1 Å². The Morgan fingerprint density at radius 3 is 2.50 bits per heavy atom. The molecule has 1 aliphatic heterocycles. The monoisotopic (exact) mass is 468 g/mol. The van der Waals surface area contributed by atoms with Gasteiger partial charge in [0.1, 0.15) is 17.6 Å². The number of amides is 1. The topological polar surface area (TPSA) is 60.2 Å². The molecule has 1 saturated heterocycles. The van der Waals surface area contributed by atoms with Crippen molar-refractivity contribution in [3.63, 3.8) is 0 Å². The molecule has 2 fully saturated rings. The number of rotatable bonds is 8. The van der Waals surface area contributed by atoms with Gasteiger partial charge in [0.05, 0.1) is 5.02 Å². The lowest BCUT2D eigenvalue weighted by Crippen LogP contribution is -2.31. The van der Waals surface area contributed by atoms with Crippen molar-refractivity contribution < 1.29 is 9.53 Å². The molecule has 5 rings (SSSR count). The summed E-state index contributed by atoms with van der Waals surface area (Å²) in [5, 5.41) is 9.90. The zero-order chi connectivity index (χ0) is 21.9. The van der Waals surface area contributed by atoms with Gasteiger partial charge in [-0.1, -0.05) is 65.8 Å². The van der Waals surface area contributed by atoms with Crippen LogP contribution in [0.2, 0.25) is 5.02 Å². The molecule has 1 aromatic heterocycles. The molecule has 2 aliphatic rings. The van der Waals surface area contributed by atoms with Crippen LogP contribution in [0.4, 0.5) is 0 Å². The maximum Gasteiger partial charge on any atom is 0.240 e. The number of carbonyl (C=O) groups is 1. The van der Waals surface area contributed by atoms with E-state index in [0.717, 1.165) is 55.3 Å². The van der Waals surface area contributed by atoms with Crippen LogP contribution in [0.1, 0.15) is 48.4 Å². The molecular weight excluding hydrogens is 444 g/mol. The molecule has 2 heterocycles. The maximum atomic E-state index is 13.4. The summed E-state index contributed by atoms with van der Waals surface area (Å²) in [7, 11) is 0. The summed E-state index contributed by atoms with van der Waals surface area (Å²) in [5.41, 5.74) is 0.994. The molecule has 3 aromatic rings. The van der Waals surface area contributed by atoms with Crippen LogP contribution in [0.25, 0.3) is 0 Å². The first-order chi connectivity index (χ1) is 15.7. The first-order valence-electron chi connectivity index (χ1n) is 11.0. The Balaban J connectivity index is 1.40. The highest BCUT2D eigenvalue weighted by Gasteiger charge is 2.34. The first-order valence-corrected chi connectivity index (χ1v) is 12.3. The third-order valence-corrected chi connectivity index (χ3v) is 7.32. The summed E-state index contributed by atoms with van der Waals surface area (Å²) in [4.78, 5) is 15.4. The zero-order valence-electron chi connectivity index (χ0n) is 17.7. The lowest BCUT2D eigenvalue weighted by molar-refractivity contribution is -0.129. The minimum absolute atomic E-state index is 0.151. The van der Waals surface area contributed by atoms with Gasteiger partial charge in [-0.2, -0.15) is 0 Å². The predicted octanol–water partition coefficient (Wildman–Crippen LogP) is 5.30. The number of ether oxygens (including phenoxy) is 1. The number of carbonyl (C=O) groups excluding carboxylic acids is 1. The van der Waals surface area contributed by atoms with E-state index in [1.165, 1.54) is 11.8 Å². The molecule has 0 N–H and O–H groups in total. The van der Waals surface area contributed by atoms with Crippen molar-refractivity contribution in [2.75, 3.05) is 13.1 Å². The number of thioether (sulfide) groups is 1. The van der Waals surface area contributed by atoms with E-state index >= 15 is 0 Å². The van der Waals surface area contributed by atoms with Crippen LogP contribution in [0.3, 0.4) is 0 Å². The first kappa shape index (κ1) is 21.3. The SMILES string of the molecule is O=C([C@H](Sc1nnc(COc2ccccc2Cl)n1C1CC1)c1ccccc1)N1CCCC1. The van der Waals surface area contributed by atoms with Crippen LogP contribution in [0, 0.1) is 0 Å². The van der Waals surface area contributed by atoms with Crippen LogP contribution < -0.4 is 4.74 Å². The van der Waals surface area contributed by atoms with Gasteiger partial charge < -0.3 is 9.64 Å². The second-order valence-electron chi connectivity index (χ2n) is 8.16. The summed E-state index contributed by atoms with van der Waals surface area (Å²) in [6, 6.07) is 17.7. The molecule has 0 radical (unpaired) electrons. The Bertz CT molecular complexity index is 1080. The van der Waals surface area contributed by atoms with Gasteiger partial charge in [-0.15, -0.1) is 10.2 Å². The van der Waals surface area contributed by atoms with E-state index in [2.05, 4.69) is 14.8 Å². The molecule has 1 saturated carbocycles. The molecule has 0 spiro atoms. The van der Waals surface area contributed by atoms with Crippen LogP contribution >= 0.6 is 23.4 Å². The molecule has 8 heteroatoms. The Kier molecular flexibility index (Phi) is 6.37. The molecular formula is C24H25ClN4O2S. The quantitative estimate of drug-likeness (QED) is 0.420. The van der Waals surface area contributed by atoms with Gasteiger partial charge >= 0.3 is 0 Å². The van der Waals surface area contributed by atoms with E-state index < -0.39 is 0 Å². The number of aromatic nitrogens is 3. The largest absolute Gasteiger partial charge is 0.484 e. The van der Waals surface area contributed by atoms with E-state index in [4.69, 9.17) is 16.3 Å². The standard InChI is InChI=1S/C24H25ClN4O2S/c25-19-10-4-5-11-20(19)31-16-21-26-27-24(29(21)18-12-13-18)32-22(17-8-2-1-3-9-17)23(30)28-14-6-7-15-28/h1-5,8-11,18,22H,6-7,12-16H2/t22-/m1/s1. The highest BCUT2D eigenvalue weighted by Crippen LogP contribution is 2.43. The molecule has 0 bridgehead atoms. The third-order valence-electron chi connectivity index (χ3n) is 5.81. The summed E-state index contributed by atoms with van der Waals surface area (Å²) in [6.45, 7) is 1.94. The normalized spacial score (nSPS) is 16.8. The summed E-state index contributed by atoms with van der Waals surface area (Å²) < 4.78 is 8.08. The number of hydrogen-bond donors (Lipinski definition) is 0. The number of nitrogens with zero attached hydrogens (tertiary/aromatic N) is 4. The van der Waals surface area contributed by atoms with Gasteiger partial charge in [-0.3, -0.25) is 9.36 Å². The fourth-order valence-electron chi connectivity index (χ4n) is 3.99. The minimum Gasteiger partial charge on any atom is -0.484 e. The van der Waals surface area contributed by atoms with Crippen LogP contribution in [0.15, 0.2) is 59.8 Å². The smallest absolute Gasteiger partial charge is 0.240 e. The number of hydrogen-bond acceptors (Lipinski definition) is 5. The highest BCUT2D eigenvalue weighted by molar-refractivity contribution is 8.00.